The van der Waals surface area contributed by atoms with E-state index < -0.39 is 11.6 Å². The van der Waals surface area contributed by atoms with Crippen molar-refractivity contribution in [2.45, 2.75) is 0 Å². The Labute approximate surface area is 287 Å². The molecule has 0 N–H and O–H groups in total. The van der Waals surface area contributed by atoms with Crippen LogP contribution in [0.15, 0.2) is 170 Å². The Kier molecular flexibility index (Phi) is 9.51. The zero-order valence-electron chi connectivity index (χ0n) is 26.4. The number of ether oxygens (including phenoxy) is 6. The third kappa shape index (κ3) is 7.67. The van der Waals surface area contributed by atoms with E-state index in [-0.39, 0.29) is 11.5 Å². The first-order chi connectivity index (χ1) is 24.6. The molecule has 7 aromatic carbocycles. The van der Waals surface area contributed by atoms with E-state index in [2.05, 4.69) is 0 Å². The lowest BCUT2D eigenvalue weighted by molar-refractivity contribution is 0.383. The summed E-state index contributed by atoms with van der Waals surface area (Å²) in [6, 6.07) is 47.8. The maximum Gasteiger partial charge on any atom is 0.170 e. The summed E-state index contributed by atoms with van der Waals surface area (Å²) in [4.78, 5) is 0. The van der Waals surface area contributed by atoms with Crippen LogP contribution in [0.5, 0.6) is 69.0 Å². The second kappa shape index (κ2) is 15.0. The number of para-hydroxylation sites is 10. The number of hydrogen-bond donors (Lipinski definition) is 0. The first-order valence-electron chi connectivity index (χ1n) is 15.6. The van der Waals surface area contributed by atoms with Crippen molar-refractivity contribution in [2.75, 3.05) is 0 Å². The summed E-state index contributed by atoms with van der Waals surface area (Å²) in [5.74, 6) is 3.53. The lowest BCUT2D eigenvalue weighted by atomic mass is 10.2. The fourth-order valence-electron chi connectivity index (χ4n) is 4.83. The summed E-state index contributed by atoms with van der Waals surface area (Å²) in [5, 5.41) is 0. The number of halogens is 2. The maximum atomic E-state index is 14.3. The highest BCUT2D eigenvalue weighted by Crippen LogP contribution is 2.42. The summed E-state index contributed by atoms with van der Waals surface area (Å²) < 4.78 is 65.0. The molecule has 50 heavy (non-hydrogen) atoms. The van der Waals surface area contributed by atoms with Crippen molar-refractivity contribution in [1.29, 1.82) is 0 Å². The third-order valence-electron chi connectivity index (χ3n) is 7.23. The van der Waals surface area contributed by atoms with Gasteiger partial charge < -0.3 is 28.4 Å². The van der Waals surface area contributed by atoms with Crippen LogP contribution in [-0.2, 0) is 0 Å². The fraction of sp³-hybridized carbons (Fsp3) is 0. The van der Waals surface area contributed by atoms with Gasteiger partial charge in [0.25, 0.3) is 0 Å². The summed E-state index contributed by atoms with van der Waals surface area (Å²) in [5.41, 5.74) is 0. The summed E-state index contributed by atoms with van der Waals surface area (Å²) >= 11 is 0. The van der Waals surface area contributed by atoms with Gasteiger partial charge in [-0.25, -0.2) is 8.78 Å². The molecule has 0 saturated carbocycles. The van der Waals surface area contributed by atoms with Gasteiger partial charge in [0, 0.05) is 0 Å². The van der Waals surface area contributed by atoms with Gasteiger partial charge in [-0.2, -0.15) is 0 Å². The second-order valence-electron chi connectivity index (χ2n) is 10.7. The first kappa shape index (κ1) is 31.8. The van der Waals surface area contributed by atoms with Gasteiger partial charge in [-0.1, -0.05) is 72.8 Å². The molecular weight excluding hydrogens is 638 g/mol. The molecule has 246 valence electrons. The predicted molar refractivity (Wildman–Crippen MR) is 185 cm³/mol. The standard InChI is InChI=1S/C42H28F2O6/c43-31-13-1-3-15-33(31)47-39-21-9-11-23-41(39)49-37-19-7-5-17-35(37)45-29-25-27-30(28-26-29)46-36-18-6-8-20-38(36)50-42-24-12-10-22-40(42)48-34-16-4-2-14-32(34)44/h1-28H. The van der Waals surface area contributed by atoms with E-state index >= 15 is 0 Å². The van der Waals surface area contributed by atoms with Crippen LogP contribution in [-0.4, -0.2) is 0 Å². The Morgan fingerprint density at radius 1 is 0.220 bits per heavy atom. The fourth-order valence-corrected chi connectivity index (χ4v) is 4.83. The molecule has 0 bridgehead atoms. The lowest BCUT2D eigenvalue weighted by Gasteiger charge is -2.16. The van der Waals surface area contributed by atoms with Crippen molar-refractivity contribution in [3.05, 3.63) is 181 Å². The lowest BCUT2D eigenvalue weighted by Crippen LogP contribution is -1.94. The SMILES string of the molecule is Fc1ccccc1Oc1ccccc1Oc1ccccc1Oc1ccc(Oc2ccccc2Oc2ccccc2Oc2ccccc2F)cc1. The molecule has 0 spiro atoms. The Morgan fingerprint density at radius 2 is 0.420 bits per heavy atom. The summed E-state index contributed by atoms with van der Waals surface area (Å²) in [6.07, 6.45) is 0. The van der Waals surface area contributed by atoms with Crippen LogP contribution in [0.2, 0.25) is 0 Å². The third-order valence-corrected chi connectivity index (χ3v) is 7.23. The molecule has 0 saturated heterocycles. The average Bonchev–Trinajstić information content (AvgIpc) is 3.14. The van der Waals surface area contributed by atoms with Gasteiger partial charge in [0.05, 0.1) is 0 Å². The van der Waals surface area contributed by atoms with E-state index in [1.807, 2.05) is 24.3 Å². The van der Waals surface area contributed by atoms with E-state index in [0.29, 0.717) is 57.5 Å². The van der Waals surface area contributed by atoms with Gasteiger partial charge >= 0.3 is 0 Å². The molecule has 0 aliphatic carbocycles. The second-order valence-corrected chi connectivity index (χ2v) is 10.7. The van der Waals surface area contributed by atoms with E-state index in [0.717, 1.165) is 0 Å². The van der Waals surface area contributed by atoms with Crippen LogP contribution in [0.4, 0.5) is 8.78 Å². The van der Waals surface area contributed by atoms with Crippen molar-refractivity contribution in [2.24, 2.45) is 0 Å². The molecule has 0 radical (unpaired) electrons. The Morgan fingerprint density at radius 3 is 0.680 bits per heavy atom. The molecule has 0 amide bonds. The van der Waals surface area contributed by atoms with Crippen LogP contribution in [0.25, 0.3) is 0 Å². The summed E-state index contributed by atoms with van der Waals surface area (Å²) in [6.45, 7) is 0. The smallest absolute Gasteiger partial charge is 0.170 e. The minimum absolute atomic E-state index is 0.0863. The normalized spacial score (nSPS) is 10.6. The highest BCUT2D eigenvalue weighted by atomic mass is 19.1. The highest BCUT2D eigenvalue weighted by Gasteiger charge is 2.15. The van der Waals surface area contributed by atoms with Gasteiger partial charge in [0.1, 0.15) is 11.5 Å². The average molecular weight is 667 g/mol. The Hall–Kier alpha value is -6.80. The zero-order chi connectivity index (χ0) is 34.1. The van der Waals surface area contributed by atoms with E-state index in [1.54, 1.807) is 133 Å². The molecule has 0 fully saturated rings. The van der Waals surface area contributed by atoms with E-state index in [1.165, 1.54) is 12.1 Å². The predicted octanol–water partition coefficient (Wildman–Crippen LogP) is 12.7. The molecule has 0 atom stereocenters. The largest absolute Gasteiger partial charge is 0.453 e. The van der Waals surface area contributed by atoms with Crippen LogP contribution in [0, 0.1) is 11.6 Å². The first-order valence-corrected chi connectivity index (χ1v) is 15.6. The van der Waals surface area contributed by atoms with Crippen LogP contribution < -0.4 is 28.4 Å². The van der Waals surface area contributed by atoms with Crippen molar-refractivity contribution < 1.29 is 37.2 Å². The van der Waals surface area contributed by atoms with Gasteiger partial charge in [-0.05, 0) is 97.1 Å². The number of hydrogen-bond acceptors (Lipinski definition) is 6. The van der Waals surface area contributed by atoms with Crippen molar-refractivity contribution in [1.82, 2.24) is 0 Å². The molecule has 0 heterocycles. The molecule has 8 heteroatoms. The van der Waals surface area contributed by atoms with Gasteiger partial charge in [-0.15, -0.1) is 0 Å². The van der Waals surface area contributed by atoms with Gasteiger partial charge in [-0.3, -0.25) is 0 Å². The molecule has 7 rings (SSSR count). The van der Waals surface area contributed by atoms with Gasteiger partial charge in [0.2, 0.25) is 0 Å². The van der Waals surface area contributed by atoms with Crippen molar-refractivity contribution in [3.8, 4) is 69.0 Å². The zero-order valence-corrected chi connectivity index (χ0v) is 26.4. The molecule has 0 aliphatic heterocycles. The van der Waals surface area contributed by atoms with Crippen LogP contribution in [0.3, 0.4) is 0 Å². The number of benzene rings is 7. The molecule has 7 aromatic rings. The van der Waals surface area contributed by atoms with E-state index in [9.17, 15) is 8.78 Å². The number of rotatable bonds is 12. The molecule has 6 nitrogen and oxygen atoms in total. The minimum Gasteiger partial charge on any atom is -0.453 e. The maximum absolute atomic E-state index is 14.3. The highest BCUT2D eigenvalue weighted by molar-refractivity contribution is 5.52. The summed E-state index contributed by atoms with van der Waals surface area (Å²) in [7, 11) is 0. The topological polar surface area (TPSA) is 55.4 Å². The van der Waals surface area contributed by atoms with Crippen molar-refractivity contribution >= 4 is 0 Å². The van der Waals surface area contributed by atoms with E-state index in [4.69, 9.17) is 28.4 Å². The molecule has 0 aliphatic rings. The van der Waals surface area contributed by atoms with Crippen LogP contribution in [0.1, 0.15) is 0 Å². The van der Waals surface area contributed by atoms with Crippen molar-refractivity contribution in [3.63, 3.8) is 0 Å². The molecular formula is C42H28F2O6. The molecule has 0 unspecified atom stereocenters. The molecule has 0 aromatic heterocycles. The monoisotopic (exact) mass is 666 g/mol. The quantitative estimate of drug-likeness (QED) is 0.129. The van der Waals surface area contributed by atoms with Gasteiger partial charge in [0.15, 0.2) is 69.1 Å². The Bertz CT molecular complexity index is 2060. The Balaban J connectivity index is 1.05. The van der Waals surface area contributed by atoms with Crippen LogP contribution >= 0.6 is 0 Å². The minimum atomic E-state index is -0.481.